The van der Waals surface area contributed by atoms with Crippen molar-refractivity contribution in [2.75, 3.05) is 13.2 Å². The van der Waals surface area contributed by atoms with Gasteiger partial charge >= 0.3 is 5.97 Å². The SMILES string of the molecule is O=C(OCc1cc(Cl)c2c(c1)OCCO2)c1ccco1. The topological polar surface area (TPSA) is 57.9 Å². The van der Waals surface area contributed by atoms with E-state index in [9.17, 15) is 4.79 Å². The Morgan fingerprint density at radius 1 is 1.30 bits per heavy atom. The van der Waals surface area contributed by atoms with E-state index in [1.807, 2.05) is 0 Å². The molecule has 2 aromatic rings. The number of fused-ring (bicyclic) bond motifs is 1. The number of carbonyl (C=O) groups is 1. The third-order valence-corrected chi connectivity index (χ3v) is 3.03. The van der Waals surface area contributed by atoms with E-state index in [-0.39, 0.29) is 12.4 Å². The Labute approximate surface area is 120 Å². The summed E-state index contributed by atoms with van der Waals surface area (Å²) in [7, 11) is 0. The molecule has 104 valence electrons. The van der Waals surface area contributed by atoms with E-state index in [1.54, 1.807) is 24.3 Å². The molecule has 0 radical (unpaired) electrons. The van der Waals surface area contributed by atoms with Gasteiger partial charge in [-0.2, -0.15) is 0 Å². The highest BCUT2D eigenvalue weighted by Crippen LogP contribution is 2.38. The molecule has 1 aliphatic rings. The number of ether oxygens (including phenoxy) is 3. The van der Waals surface area contributed by atoms with Crippen LogP contribution in [-0.2, 0) is 11.3 Å². The minimum Gasteiger partial charge on any atom is -0.486 e. The van der Waals surface area contributed by atoms with Crippen LogP contribution in [0.2, 0.25) is 5.02 Å². The minimum absolute atomic E-state index is 0.0793. The van der Waals surface area contributed by atoms with Crippen LogP contribution in [0.5, 0.6) is 11.5 Å². The number of rotatable bonds is 3. The van der Waals surface area contributed by atoms with Gasteiger partial charge in [0, 0.05) is 0 Å². The average molecular weight is 295 g/mol. The summed E-state index contributed by atoms with van der Waals surface area (Å²) in [6, 6.07) is 6.59. The fourth-order valence-corrected chi connectivity index (χ4v) is 2.15. The van der Waals surface area contributed by atoms with Gasteiger partial charge in [0.25, 0.3) is 0 Å². The molecule has 0 bridgehead atoms. The van der Waals surface area contributed by atoms with Gasteiger partial charge in [0.15, 0.2) is 11.5 Å². The lowest BCUT2D eigenvalue weighted by atomic mass is 10.2. The van der Waals surface area contributed by atoms with Gasteiger partial charge in [0.05, 0.1) is 11.3 Å². The average Bonchev–Trinajstić information content (AvgIpc) is 2.99. The monoisotopic (exact) mass is 294 g/mol. The summed E-state index contributed by atoms with van der Waals surface area (Å²) in [6.07, 6.45) is 1.41. The van der Waals surface area contributed by atoms with Crippen molar-refractivity contribution in [2.45, 2.75) is 6.61 Å². The third kappa shape index (κ3) is 2.58. The van der Waals surface area contributed by atoms with Gasteiger partial charge in [0.2, 0.25) is 5.76 Å². The molecular weight excluding hydrogens is 284 g/mol. The molecule has 0 N–H and O–H groups in total. The van der Waals surface area contributed by atoms with Gasteiger partial charge in [-0.1, -0.05) is 11.6 Å². The van der Waals surface area contributed by atoms with E-state index in [0.29, 0.717) is 29.7 Å². The van der Waals surface area contributed by atoms with Crippen molar-refractivity contribution < 1.29 is 23.4 Å². The molecule has 0 amide bonds. The standard InChI is InChI=1S/C14H11ClO5/c15-10-6-9(7-12-13(10)19-5-4-18-12)8-20-14(16)11-2-1-3-17-11/h1-3,6-7H,4-5,8H2. The maximum atomic E-state index is 11.6. The first-order chi connectivity index (χ1) is 9.74. The molecule has 1 aromatic heterocycles. The van der Waals surface area contributed by atoms with E-state index in [1.165, 1.54) is 6.26 Å². The molecule has 3 rings (SSSR count). The quantitative estimate of drug-likeness (QED) is 0.814. The molecule has 5 nitrogen and oxygen atoms in total. The van der Waals surface area contributed by atoms with Gasteiger partial charge in [0.1, 0.15) is 19.8 Å². The predicted molar refractivity (Wildman–Crippen MR) is 70.3 cm³/mol. The van der Waals surface area contributed by atoms with Crippen LogP contribution in [0.1, 0.15) is 16.1 Å². The maximum Gasteiger partial charge on any atom is 0.374 e. The summed E-state index contributed by atoms with van der Waals surface area (Å²) in [5, 5.41) is 0.436. The number of halogens is 1. The Bertz CT molecular complexity index is 621. The molecule has 0 saturated carbocycles. The second-order valence-corrected chi connectivity index (χ2v) is 4.56. The molecule has 6 heteroatoms. The zero-order chi connectivity index (χ0) is 13.9. The van der Waals surface area contributed by atoms with Gasteiger partial charge in [-0.25, -0.2) is 4.79 Å². The fraction of sp³-hybridized carbons (Fsp3) is 0.214. The van der Waals surface area contributed by atoms with Crippen LogP contribution >= 0.6 is 11.6 Å². The summed E-state index contributed by atoms with van der Waals surface area (Å²) in [4.78, 5) is 11.6. The highest BCUT2D eigenvalue weighted by atomic mass is 35.5. The summed E-state index contributed by atoms with van der Waals surface area (Å²) < 4.78 is 21.0. The Balaban J connectivity index is 1.72. The Hall–Kier alpha value is -2.14. The molecule has 2 heterocycles. The minimum atomic E-state index is -0.527. The maximum absolute atomic E-state index is 11.6. The molecule has 0 aliphatic carbocycles. The van der Waals surface area contributed by atoms with Crippen molar-refractivity contribution in [2.24, 2.45) is 0 Å². The van der Waals surface area contributed by atoms with E-state index in [2.05, 4.69) is 0 Å². The van der Waals surface area contributed by atoms with E-state index < -0.39 is 5.97 Å². The van der Waals surface area contributed by atoms with Crippen LogP contribution in [0.3, 0.4) is 0 Å². The van der Waals surface area contributed by atoms with Crippen LogP contribution in [-0.4, -0.2) is 19.2 Å². The zero-order valence-electron chi connectivity index (χ0n) is 10.4. The Kier molecular flexibility index (Phi) is 3.52. The Morgan fingerprint density at radius 2 is 2.15 bits per heavy atom. The zero-order valence-corrected chi connectivity index (χ0v) is 11.2. The number of hydrogen-bond donors (Lipinski definition) is 0. The van der Waals surface area contributed by atoms with E-state index in [0.717, 1.165) is 5.56 Å². The van der Waals surface area contributed by atoms with E-state index in [4.69, 9.17) is 30.2 Å². The normalized spacial score (nSPS) is 13.1. The summed E-state index contributed by atoms with van der Waals surface area (Å²) >= 11 is 6.10. The second kappa shape index (κ2) is 5.46. The van der Waals surface area contributed by atoms with Crippen LogP contribution in [0.4, 0.5) is 0 Å². The number of furan rings is 1. The molecule has 0 fully saturated rings. The number of benzene rings is 1. The van der Waals surface area contributed by atoms with Crippen molar-refractivity contribution in [1.82, 2.24) is 0 Å². The van der Waals surface area contributed by atoms with Crippen molar-refractivity contribution in [3.63, 3.8) is 0 Å². The first-order valence-electron chi connectivity index (χ1n) is 6.02. The smallest absolute Gasteiger partial charge is 0.374 e. The van der Waals surface area contributed by atoms with E-state index >= 15 is 0 Å². The predicted octanol–water partition coefficient (Wildman–Crippen LogP) is 3.06. The van der Waals surface area contributed by atoms with Crippen molar-refractivity contribution >= 4 is 17.6 Å². The van der Waals surface area contributed by atoms with Crippen molar-refractivity contribution in [1.29, 1.82) is 0 Å². The van der Waals surface area contributed by atoms with Crippen LogP contribution in [0, 0.1) is 0 Å². The van der Waals surface area contributed by atoms with Gasteiger partial charge in [-0.05, 0) is 29.8 Å². The molecule has 1 aromatic carbocycles. The highest BCUT2D eigenvalue weighted by Gasteiger charge is 2.17. The first kappa shape index (κ1) is 12.9. The first-order valence-corrected chi connectivity index (χ1v) is 6.40. The molecule has 0 saturated heterocycles. The van der Waals surface area contributed by atoms with Crippen molar-refractivity contribution in [3.05, 3.63) is 46.9 Å². The summed E-state index contributed by atoms with van der Waals surface area (Å²) in [6.45, 7) is 1.02. The lowest BCUT2D eigenvalue weighted by molar-refractivity contribution is 0.0435. The lowest BCUT2D eigenvalue weighted by Crippen LogP contribution is -2.16. The second-order valence-electron chi connectivity index (χ2n) is 4.16. The molecule has 20 heavy (non-hydrogen) atoms. The highest BCUT2D eigenvalue weighted by molar-refractivity contribution is 6.32. The fourth-order valence-electron chi connectivity index (χ4n) is 1.86. The van der Waals surface area contributed by atoms with Crippen LogP contribution < -0.4 is 9.47 Å². The number of esters is 1. The van der Waals surface area contributed by atoms with Gasteiger partial charge in [-0.3, -0.25) is 0 Å². The van der Waals surface area contributed by atoms with Crippen LogP contribution in [0.15, 0.2) is 34.9 Å². The molecular formula is C14H11ClO5. The summed E-state index contributed by atoms with van der Waals surface area (Å²) in [5.41, 5.74) is 0.721. The van der Waals surface area contributed by atoms with Gasteiger partial charge < -0.3 is 18.6 Å². The molecule has 0 atom stereocenters. The summed E-state index contributed by atoms with van der Waals surface area (Å²) in [5.74, 6) is 0.724. The number of carbonyl (C=O) groups excluding carboxylic acids is 1. The third-order valence-electron chi connectivity index (χ3n) is 2.75. The molecule has 0 spiro atoms. The molecule has 1 aliphatic heterocycles. The van der Waals surface area contributed by atoms with Crippen LogP contribution in [0.25, 0.3) is 0 Å². The molecule has 0 unspecified atom stereocenters. The Morgan fingerprint density at radius 3 is 2.95 bits per heavy atom. The van der Waals surface area contributed by atoms with Crippen molar-refractivity contribution in [3.8, 4) is 11.5 Å². The lowest BCUT2D eigenvalue weighted by Gasteiger charge is -2.20. The number of hydrogen-bond acceptors (Lipinski definition) is 5. The van der Waals surface area contributed by atoms with Gasteiger partial charge in [-0.15, -0.1) is 0 Å². The largest absolute Gasteiger partial charge is 0.486 e.